The Morgan fingerprint density at radius 3 is 2.62 bits per heavy atom. The zero-order chi connectivity index (χ0) is 29.9. The average Bonchev–Trinajstić information content (AvgIpc) is 3.70. The van der Waals surface area contributed by atoms with Gasteiger partial charge in [-0.1, -0.05) is 34.5 Å². The lowest BCUT2D eigenvalue weighted by Gasteiger charge is -2.41. The van der Waals surface area contributed by atoms with Gasteiger partial charge in [0.2, 0.25) is 11.3 Å². The van der Waals surface area contributed by atoms with Crippen molar-refractivity contribution in [3.8, 4) is 5.75 Å². The Morgan fingerprint density at radius 1 is 1.24 bits per heavy atom. The number of aromatic nitrogens is 2. The molecule has 10 nitrogen and oxygen atoms in total. The Kier molecular flexibility index (Phi) is 7.50. The van der Waals surface area contributed by atoms with E-state index in [1.807, 2.05) is 16.7 Å². The number of carboxylic acid groups (broad SMARTS) is 1. The fourth-order valence-electron chi connectivity index (χ4n) is 5.50. The van der Waals surface area contributed by atoms with Crippen LogP contribution in [0.2, 0.25) is 10.0 Å². The molecule has 1 saturated heterocycles. The van der Waals surface area contributed by atoms with Crippen LogP contribution in [0.3, 0.4) is 0 Å². The summed E-state index contributed by atoms with van der Waals surface area (Å²) in [5, 5.41) is 13.7. The van der Waals surface area contributed by atoms with Crippen LogP contribution in [-0.2, 0) is 4.79 Å². The lowest BCUT2D eigenvalue weighted by atomic mass is 10.1. The van der Waals surface area contributed by atoms with E-state index in [1.165, 1.54) is 24.6 Å². The largest absolute Gasteiger partial charge is 0.492 e. The Labute approximate surface area is 253 Å². The van der Waals surface area contributed by atoms with Crippen molar-refractivity contribution in [1.82, 2.24) is 14.5 Å². The molecule has 1 saturated carbocycles. The van der Waals surface area contributed by atoms with Crippen molar-refractivity contribution in [3.63, 3.8) is 0 Å². The normalized spacial score (nSPS) is 17.6. The number of pyridine rings is 1. The molecule has 2 fully saturated rings. The quantitative estimate of drug-likeness (QED) is 0.283. The third-order valence-electron chi connectivity index (χ3n) is 7.69. The average molecular weight is 635 g/mol. The van der Waals surface area contributed by atoms with E-state index in [2.05, 4.69) is 10.3 Å². The number of hydrogen-bond acceptors (Lipinski definition) is 8. The molecule has 2 aromatic carbocycles. The van der Waals surface area contributed by atoms with Crippen molar-refractivity contribution in [3.05, 3.63) is 56.0 Å². The van der Waals surface area contributed by atoms with Gasteiger partial charge in [-0.05, 0) is 38.0 Å². The lowest BCUT2D eigenvalue weighted by molar-refractivity contribution is -0.117. The van der Waals surface area contributed by atoms with Gasteiger partial charge in [-0.15, -0.1) is 0 Å². The highest BCUT2D eigenvalue weighted by Crippen LogP contribution is 2.44. The van der Waals surface area contributed by atoms with Crippen LogP contribution in [0.5, 0.6) is 5.75 Å². The summed E-state index contributed by atoms with van der Waals surface area (Å²) < 4.78 is 23.8. The third kappa shape index (κ3) is 5.06. The number of anilines is 2. The molecule has 42 heavy (non-hydrogen) atoms. The lowest BCUT2D eigenvalue weighted by Crippen LogP contribution is -2.54. The number of carboxylic acids is 1. The first-order valence-electron chi connectivity index (χ1n) is 13.3. The zero-order valence-electron chi connectivity index (χ0n) is 22.6. The van der Waals surface area contributed by atoms with Crippen LogP contribution in [0.1, 0.15) is 36.2 Å². The molecular weight excluding hydrogens is 608 g/mol. The number of carbonyl (C=O) groups excluding carboxylic acids is 1. The second kappa shape index (κ2) is 11.0. The minimum Gasteiger partial charge on any atom is -0.492 e. The van der Waals surface area contributed by atoms with Crippen LogP contribution in [0, 0.1) is 5.82 Å². The first-order valence-corrected chi connectivity index (χ1v) is 14.9. The first kappa shape index (κ1) is 28.7. The van der Waals surface area contributed by atoms with E-state index in [-0.39, 0.29) is 41.4 Å². The number of thiazole rings is 1. The number of carbonyl (C=O) groups is 2. The molecule has 1 atom stereocenters. The van der Waals surface area contributed by atoms with Gasteiger partial charge in [0.15, 0.2) is 16.7 Å². The number of ether oxygens (including phenoxy) is 1. The van der Waals surface area contributed by atoms with Crippen LogP contribution in [0.4, 0.5) is 15.2 Å². The van der Waals surface area contributed by atoms with Gasteiger partial charge in [0, 0.05) is 37.9 Å². The molecule has 1 amide bonds. The molecule has 4 aromatic rings. The topological polar surface area (TPSA) is 117 Å². The van der Waals surface area contributed by atoms with E-state index >= 15 is 4.39 Å². The van der Waals surface area contributed by atoms with Gasteiger partial charge in [-0.2, -0.15) is 0 Å². The van der Waals surface area contributed by atoms with Crippen LogP contribution >= 0.6 is 34.5 Å². The van der Waals surface area contributed by atoms with Crippen LogP contribution in [-0.4, -0.2) is 70.8 Å². The minimum absolute atomic E-state index is 0.00942. The number of aromatic carboxylic acids is 1. The van der Waals surface area contributed by atoms with Crippen LogP contribution < -0.4 is 20.4 Å². The van der Waals surface area contributed by atoms with Crippen molar-refractivity contribution in [2.75, 3.05) is 43.5 Å². The minimum atomic E-state index is -1.36. The SMILES string of the molecule is COc1c(N2CCN(CC(=O)Nc3nc4c(Cl)ccc(Cl)c4s3)C(C)C2)c(F)cc2c(=O)c(C(=O)O)cn(C3CC3)c12. The monoisotopic (exact) mass is 633 g/mol. The van der Waals surface area contributed by atoms with Gasteiger partial charge in [0.1, 0.15) is 16.8 Å². The Balaban J connectivity index is 1.24. The second-order valence-corrected chi connectivity index (χ2v) is 12.3. The van der Waals surface area contributed by atoms with E-state index in [1.54, 1.807) is 16.7 Å². The van der Waals surface area contributed by atoms with Gasteiger partial charge >= 0.3 is 5.97 Å². The van der Waals surface area contributed by atoms with E-state index in [4.69, 9.17) is 27.9 Å². The number of methoxy groups -OCH3 is 1. The third-order valence-corrected chi connectivity index (χ3v) is 9.43. The molecule has 0 bridgehead atoms. The Bertz CT molecular complexity index is 1790. The van der Waals surface area contributed by atoms with Gasteiger partial charge in [-0.3, -0.25) is 14.5 Å². The summed E-state index contributed by atoms with van der Waals surface area (Å²) in [6.07, 6.45) is 2.98. The summed E-state index contributed by atoms with van der Waals surface area (Å²) in [4.78, 5) is 45.9. The number of benzene rings is 2. The fourth-order valence-corrected chi connectivity index (χ4v) is 6.94. The summed E-state index contributed by atoms with van der Waals surface area (Å²) in [5.41, 5.74) is -0.0248. The predicted molar refractivity (Wildman–Crippen MR) is 161 cm³/mol. The van der Waals surface area contributed by atoms with Crippen molar-refractivity contribution in [2.45, 2.75) is 31.8 Å². The first-order chi connectivity index (χ1) is 20.1. The summed E-state index contributed by atoms with van der Waals surface area (Å²) in [6, 6.07) is 4.33. The van der Waals surface area contributed by atoms with E-state index in [9.17, 15) is 19.5 Å². The molecule has 14 heteroatoms. The van der Waals surface area contributed by atoms with Crippen LogP contribution in [0.15, 0.2) is 29.2 Å². The summed E-state index contributed by atoms with van der Waals surface area (Å²) >= 11 is 13.7. The van der Waals surface area contributed by atoms with Gasteiger partial charge in [0.25, 0.3) is 0 Å². The predicted octanol–water partition coefficient (Wildman–Crippen LogP) is 5.25. The van der Waals surface area contributed by atoms with Crippen LogP contribution in [0.25, 0.3) is 21.1 Å². The number of halogens is 3. The summed E-state index contributed by atoms with van der Waals surface area (Å²) in [6.45, 7) is 3.29. The zero-order valence-corrected chi connectivity index (χ0v) is 24.9. The standard InChI is InChI=1S/C28H26Cl2FN5O5S/c1-13-10-35(8-7-34(13)12-20(37)32-28-33-21-17(29)5-6-18(30)26(21)42-28)23-19(31)9-15-22(25(23)41-2)36(14-3-4-14)11-16(24(15)38)27(39)40/h5-6,9,11,13-14H,3-4,7-8,10,12H2,1-2H3,(H,39,40)(H,32,33,37). The summed E-state index contributed by atoms with van der Waals surface area (Å²) in [5.74, 6) is -2.09. The number of nitrogens with zero attached hydrogens (tertiary/aromatic N) is 4. The van der Waals surface area contributed by atoms with Crippen molar-refractivity contribution in [2.24, 2.45) is 0 Å². The molecule has 2 aromatic heterocycles. The Hall–Kier alpha value is -3.45. The van der Waals surface area contributed by atoms with Gasteiger partial charge in [0.05, 0.1) is 39.3 Å². The second-order valence-electron chi connectivity index (χ2n) is 10.5. The molecule has 2 aliphatic rings. The highest BCUT2D eigenvalue weighted by atomic mass is 35.5. The molecule has 0 radical (unpaired) electrons. The van der Waals surface area contributed by atoms with Gasteiger partial charge in [-0.25, -0.2) is 14.2 Å². The highest BCUT2D eigenvalue weighted by Gasteiger charge is 2.33. The molecule has 1 unspecified atom stereocenters. The molecule has 0 spiro atoms. The maximum Gasteiger partial charge on any atom is 0.341 e. The Morgan fingerprint density at radius 2 is 1.98 bits per heavy atom. The number of rotatable bonds is 7. The number of amides is 1. The highest BCUT2D eigenvalue weighted by molar-refractivity contribution is 7.23. The maximum atomic E-state index is 15.7. The molecule has 3 heterocycles. The molecule has 6 rings (SSSR count). The number of hydrogen-bond donors (Lipinski definition) is 2. The molecule has 2 N–H and O–H groups in total. The maximum absolute atomic E-state index is 15.7. The van der Waals surface area contributed by atoms with E-state index < -0.39 is 22.8 Å². The molecular formula is C28H26Cl2FN5O5S. The van der Waals surface area contributed by atoms with Crippen molar-refractivity contribution in [1.29, 1.82) is 0 Å². The van der Waals surface area contributed by atoms with E-state index in [0.29, 0.717) is 50.5 Å². The smallest absolute Gasteiger partial charge is 0.341 e. The summed E-state index contributed by atoms with van der Waals surface area (Å²) in [7, 11) is 1.41. The van der Waals surface area contributed by atoms with Gasteiger partial charge < -0.3 is 24.6 Å². The molecule has 220 valence electrons. The van der Waals surface area contributed by atoms with Crippen molar-refractivity contribution < 1.29 is 23.8 Å². The molecule has 1 aliphatic heterocycles. The number of piperazine rings is 1. The fraction of sp³-hybridized carbons (Fsp3) is 0.357. The number of fused-ring (bicyclic) bond motifs is 2. The van der Waals surface area contributed by atoms with Crippen molar-refractivity contribution >= 4 is 78.4 Å². The molecule has 1 aliphatic carbocycles. The number of nitrogens with one attached hydrogen (secondary N) is 1. The van der Waals surface area contributed by atoms with E-state index in [0.717, 1.165) is 18.9 Å².